The lowest BCUT2D eigenvalue weighted by atomic mass is 9.85. The van der Waals surface area contributed by atoms with Crippen LogP contribution in [0.4, 0.5) is 5.69 Å². The quantitative estimate of drug-likeness (QED) is 0.671. The van der Waals surface area contributed by atoms with Crippen LogP contribution in [0, 0.1) is 0 Å². The van der Waals surface area contributed by atoms with Crippen molar-refractivity contribution in [2.45, 2.75) is 58.4 Å². The number of para-hydroxylation sites is 1. The van der Waals surface area contributed by atoms with Gasteiger partial charge in [0.15, 0.2) is 0 Å². The van der Waals surface area contributed by atoms with Gasteiger partial charge < -0.3 is 4.90 Å². The highest BCUT2D eigenvalue weighted by molar-refractivity contribution is 6.45. The highest BCUT2D eigenvalue weighted by atomic mass is 16.2. The van der Waals surface area contributed by atoms with Gasteiger partial charge >= 0.3 is 0 Å². The summed E-state index contributed by atoms with van der Waals surface area (Å²) in [5, 5.41) is 0. The number of carbonyl (C=O) groups excluding carboxylic acids is 2. The maximum Gasteiger partial charge on any atom is 0.231 e. The Balaban J connectivity index is 2.27. The molecular weight excluding hydrogens is 274 g/mol. The second kappa shape index (κ2) is 5.38. The van der Waals surface area contributed by atoms with E-state index >= 15 is 0 Å². The Morgan fingerprint density at radius 2 is 1.68 bits per heavy atom. The van der Waals surface area contributed by atoms with Crippen molar-refractivity contribution in [3.8, 4) is 0 Å². The molecule has 2 aliphatic rings. The van der Waals surface area contributed by atoms with Crippen LogP contribution in [0.2, 0.25) is 0 Å². The van der Waals surface area contributed by atoms with Crippen LogP contribution in [0.15, 0.2) is 35.5 Å². The number of hydrogen-bond donors (Lipinski definition) is 0. The molecule has 3 rings (SSSR count). The van der Waals surface area contributed by atoms with Gasteiger partial charge in [-0.2, -0.15) is 0 Å². The molecule has 3 heteroatoms. The van der Waals surface area contributed by atoms with Crippen LogP contribution in [-0.4, -0.2) is 17.1 Å². The first-order valence-corrected chi connectivity index (χ1v) is 8.07. The van der Waals surface area contributed by atoms with E-state index in [4.69, 9.17) is 0 Å². The molecule has 1 aromatic rings. The molecule has 0 aromatic heterocycles. The van der Waals surface area contributed by atoms with Gasteiger partial charge in [-0.3, -0.25) is 9.59 Å². The predicted molar refractivity (Wildman–Crippen MR) is 88.1 cm³/mol. The van der Waals surface area contributed by atoms with Gasteiger partial charge in [0.25, 0.3) is 0 Å². The molecule has 1 aliphatic carbocycles. The lowest BCUT2D eigenvalue weighted by Crippen LogP contribution is -2.44. The molecule has 3 nitrogen and oxygen atoms in total. The topological polar surface area (TPSA) is 37.4 Å². The van der Waals surface area contributed by atoms with Crippen LogP contribution in [0.3, 0.4) is 0 Å². The summed E-state index contributed by atoms with van der Waals surface area (Å²) in [6.45, 7) is 6.49. The summed E-state index contributed by atoms with van der Waals surface area (Å²) >= 11 is 0. The fourth-order valence-corrected chi connectivity index (χ4v) is 3.61. The molecule has 0 spiro atoms. The zero-order chi connectivity index (χ0) is 15.9. The minimum atomic E-state index is -0.345. The molecule has 1 aliphatic heterocycles. The minimum absolute atomic E-state index is 0.130. The van der Waals surface area contributed by atoms with Crippen molar-refractivity contribution in [1.82, 2.24) is 0 Å². The predicted octanol–water partition coefficient (Wildman–Crippen LogP) is 4.28. The molecule has 0 atom stereocenters. The first-order valence-electron chi connectivity index (χ1n) is 8.07. The lowest BCUT2D eigenvalue weighted by Gasteiger charge is -2.43. The van der Waals surface area contributed by atoms with E-state index in [9.17, 15) is 9.59 Å². The Kier molecular flexibility index (Phi) is 3.67. The molecule has 0 N–H and O–H groups in total. The zero-order valence-electron chi connectivity index (χ0n) is 13.6. The molecular formula is C19H23NO2. The third kappa shape index (κ3) is 2.49. The number of anilines is 1. The number of fused-ring (bicyclic) bond motifs is 1. The smallest absolute Gasteiger partial charge is 0.231 e. The molecule has 1 aromatic carbocycles. The summed E-state index contributed by atoms with van der Waals surface area (Å²) in [4.78, 5) is 27.2. The van der Waals surface area contributed by atoms with E-state index in [1.807, 2.05) is 18.2 Å². The van der Waals surface area contributed by atoms with Crippen molar-refractivity contribution in [3.63, 3.8) is 0 Å². The molecule has 0 radical (unpaired) electrons. The van der Waals surface area contributed by atoms with Crippen LogP contribution in [-0.2, 0) is 4.79 Å². The highest BCUT2D eigenvalue weighted by Gasteiger charge is 2.35. The van der Waals surface area contributed by atoms with Crippen molar-refractivity contribution < 1.29 is 9.59 Å². The number of ketones is 2. The summed E-state index contributed by atoms with van der Waals surface area (Å²) < 4.78 is 0. The number of carbonyl (C=O) groups is 2. The van der Waals surface area contributed by atoms with Gasteiger partial charge in [0.2, 0.25) is 11.6 Å². The van der Waals surface area contributed by atoms with Gasteiger partial charge in [0.05, 0.1) is 5.69 Å². The second-order valence-electron chi connectivity index (χ2n) is 7.21. The summed E-state index contributed by atoms with van der Waals surface area (Å²) in [7, 11) is 0. The molecule has 116 valence electrons. The average Bonchev–Trinajstić information content (AvgIpc) is 2.46. The van der Waals surface area contributed by atoms with E-state index in [1.165, 1.54) is 5.70 Å². The molecule has 0 saturated carbocycles. The van der Waals surface area contributed by atoms with E-state index in [0.29, 0.717) is 5.56 Å². The lowest BCUT2D eigenvalue weighted by molar-refractivity contribution is -0.114. The Bertz CT molecular complexity index is 664. The number of allylic oxidation sites excluding steroid dienone is 2. The SMILES string of the molecule is CC(C)(C)N1C2=C(CCCC2)CC(=O)C(=O)c2ccccc21. The van der Waals surface area contributed by atoms with Gasteiger partial charge in [-0.25, -0.2) is 0 Å². The third-order valence-corrected chi connectivity index (χ3v) is 4.51. The van der Waals surface area contributed by atoms with Gasteiger partial charge in [0, 0.05) is 23.2 Å². The zero-order valence-corrected chi connectivity index (χ0v) is 13.6. The van der Waals surface area contributed by atoms with Crippen molar-refractivity contribution in [1.29, 1.82) is 0 Å². The number of hydrogen-bond acceptors (Lipinski definition) is 3. The molecule has 0 amide bonds. The highest BCUT2D eigenvalue weighted by Crippen LogP contribution is 2.40. The van der Waals surface area contributed by atoms with Crippen molar-refractivity contribution in [2.75, 3.05) is 4.90 Å². The molecule has 0 bridgehead atoms. The summed E-state index contributed by atoms with van der Waals surface area (Å²) in [6, 6.07) is 7.53. The van der Waals surface area contributed by atoms with Crippen LogP contribution in [0.25, 0.3) is 0 Å². The normalized spacial score (nSPS) is 19.5. The van der Waals surface area contributed by atoms with Crippen molar-refractivity contribution in [3.05, 3.63) is 41.1 Å². The second-order valence-corrected chi connectivity index (χ2v) is 7.21. The fourth-order valence-electron chi connectivity index (χ4n) is 3.61. The molecule has 1 heterocycles. The van der Waals surface area contributed by atoms with Gasteiger partial charge in [-0.05, 0) is 64.2 Å². The Morgan fingerprint density at radius 3 is 2.41 bits per heavy atom. The van der Waals surface area contributed by atoms with Crippen molar-refractivity contribution in [2.24, 2.45) is 0 Å². The fraction of sp³-hybridized carbons (Fsp3) is 0.474. The van der Waals surface area contributed by atoms with E-state index in [-0.39, 0.29) is 23.5 Å². The van der Waals surface area contributed by atoms with Crippen molar-refractivity contribution >= 4 is 17.3 Å². The monoisotopic (exact) mass is 297 g/mol. The van der Waals surface area contributed by atoms with E-state index in [0.717, 1.165) is 36.9 Å². The number of rotatable bonds is 0. The molecule has 0 saturated heterocycles. The number of benzene rings is 1. The van der Waals surface area contributed by atoms with Gasteiger partial charge in [-0.15, -0.1) is 0 Å². The van der Waals surface area contributed by atoms with Crippen LogP contribution < -0.4 is 4.90 Å². The Morgan fingerprint density at radius 1 is 1.00 bits per heavy atom. The Labute approximate surface area is 132 Å². The minimum Gasteiger partial charge on any atom is -0.339 e. The summed E-state index contributed by atoms with van der Waals surface area (Å²) in [6.07, 6.45) is 4.47. The summed E-state index contributed by atoms with van der Waals surface area (Å²) in [5.41, 5.74) is 3.71. The average molecular weight is 297 g/mol. The summed E-state index contributed by atoms with van der Waals surface area (Å²) in [5.74, 6) is -0.614. The standard InChI is InChI=1S/C19H23NO2/c1-19(2,3)20-15-10-6-4-8-13(15)12-17(21)18(22)14-9-5-7-11-16(14)20/h5,7,9,11H,4,6,8,10,12H2,1-3H3. The number of nitrogens with zero attached hydrogens (tertiary/aromatic N) is 1. The van der Waals surface area contributed by atoms with Crippen LogP contribution in [0.5, 0.6) is 0 Å². The van der Waals surface area contributed by atoms with E-state index < -0.39 is 0 Å². The maximum absolute atomic E-state index is 12.5. The van der Waals surface area contributed by atoms with Gasteiger partial charge in [-0.1, -0.05) is 12.1 Å². The van der Waals surface area contributed by atoms with Gasteiger partial charge in [0.1, 0.15) is 0 Å². The maximum atomic E-state index is 12.5. The van der Waals surface area contributed by atoms with Crippen LogP contribution in [0.1, 0.15) is 63.2 Å². The molecule has 22 heavy (non-hydrogen) atoms. The van der Waals surface area contributed by atoms with Crippen LogP contribution >= 0.6 is 0 Å². The first-order chi connectivity index (χ1) is 10.4. The largest absolute Gasteiger partial charge is 0.339 e. The molecule has 0 fully saturated rings. The Hall–Kier alpha value is -1.90. The molecule has 0 unspecified atom stereocenters. The third-order valence-electron chi connectivity index (χ3n) is 4.51. The number of Topliss-reactive ketones (excluding diaryl/α,β-unsaturated/α-hetero) is 2. The van der Waals surface area contributed by atoms with E-state index in [1.54, 1.807) is 6.07 Å². The van der Waals surface area contributed by atoms with E-state index in [2.05, 4.69) is 25.7 Å². The first kappa shape index (κ1) is 15.0.